The molecular formula is C19H15ClFN5O. The number of nitrogens with two attached hydrogens (primary N) is 1. The minimum Gasteiger partial charge on any atom is -0.366 e. The average Bonchev–Trinajstić information content (AvgIpc) is 3.04. The molecule has 1 aliphatic rings. The van der Waals surface area contributed by atoms with E-state index in [1.807, 2.05) is 6.07 Å². The Morgan fingerprint density at radius 1 is 1.26 bits per heavy atom. The number of nitrogens with zero attached hydrogens (tertiary/aromatic N) is 3. The molecule has 2 aromatic carbocycles. The van der Waals surface area contributed by atoms with Gasteiger partial charge in [-0.25, -0.2) is 9.07 Å². The van der Waals surface area contributed by atoms with Crippen LogP contribution in [-0.2, 0) is 4.79 Å². The van der Waals surface area contributed by atoms with Crippen molar-refractivity contribution in [2.45, 2.75) is 13.0 Å². The molecule has 2 heterocycles. The average molecular weight is 384 g/mol. The van der Waals surface area contributed by atoms with Gasteiger partial charge in [-0.1, -0.05) is 35.9 Å². The van der Waals surface area contributed by atoms with Crippen LogP contribution in [0, 0.1) is 5.82 Å². The molecule has 0 bridgehead atoms. The maximum absolute atomic E-state index is 13.4. The molecule has 0 saturated heterocycles. The zero-order valence-corrected chi connectivity index (χ0v) is 15.0. The SMILES string of the molecule is CC1=C(C(N)=O)C(c2ccc(F)cc2)n2nc(-c3cccc(Cl)c3)nc2N1. The molecule has 0 spiro atoms. The highest BCUT2D eigenvalue weighted by molar-refractivity contribution is 6.30. The van der Waals surface area contributed by atoms with Gasteiger partial charge in [0.15, 0.2) is 5.82 Å². The largest absolute Gasteiger partial charge is 0.366 e. The van der Waals surface area contributed by atoms with Gasteiger partial charge in [0.2, 0.25) is 11.9 Å². The van der Waals surface area contributed by atoms with Gasteiger partial charge in [-0.15, -0.1) is 5.10 Å². The summed E-state index contributed by atoms with van der Waals surface area (Å²) in [6, 6.07) is 12.4. The van der Waals surface area contributed by atoms with Gasteiger partial charge < -0.3 is 11.1 Å². The third-order valence-corrected chi connectivity index (χ3v) is 4.62. The van der Waals surface area contributed by atoms with Crippen molar-refractivity contribution in [3.05, 3.63) is 76.2 Å². The van der Waals surface area contributed by atoms with Crippen LogP contribution < -0.4 is 11.1 Å². The Labute approximate surface area is 159 Å². The molecule has 0 fully saturated rings. The molecule has 0 radical (unpaired) electrons. The third kappa shape index (κ3) is 3.06. The maximum Gasteiger partial charge on any atom is 0.248 e. The van der Waals surface area contributed by atoms with Crippen LogP contribution in [-0.4, -0.2) is 20.7 Å². The van der Waals surface area contributed by atoms with E-state index in [4.69, 9.17) is 17.3 Å². The topological polar surface area (TPSA) is 85.8 Å². The Bertz CT molecular complexity index is 1070. The van der Waals surface area contributed by atoms with Crippen molar-refractivity contribution in [3.63, 3.8) is 0 Å². The Morgan fingerprint density at radius 3 is 2.67 bits per heavy atom. The van der Waals surface area contributed by atoms with E-state index in [1.165, 1.54) is 12.1 Å². The zero-order valence-electron chi connectivity index (χ0n) is 14.3. The van der Waals surface area contributed by atoms with Crippen molar-refractivity contribution >= 4 is 23.5 Å². The lowest BCUT2D eigenvalue weighted by molar-refractivity contribution is -0.115. The predicted molar refractivity (Wildman–Crippen MR) is 101 cm³/mol. The highest BCUT2D eigenvalue weighted by Crippen LogP contribution is 2.36. The number of hydrogen-bond acceptors (Lipinski definition) is 4. The molecular weight excluding hydrogens is 369 g/mol. The third-order valence-electron chi connectivity index (χ3n) is 4.39. The molecule has 8 heteroatoms. The molecule has 136 valence electrons. The van der Waals surface area contributed by atoms with Crippen molar-refractivity contribution in [1.29, 1.82) is 0 Å². The minimum atomic E-state index is -0.611. The number of anilines is 1. The van der Waals surface area contributed by atoms with Crippen LogP contribution in [0.25, 0.3) is 11.4 Å². The molecule has 1 amide bonds. The number of nitrogens with one attached hydrogen (secondary N) is 1. The van der Waals surface area contributed by atoms with Gasteiger partial charge in [0.1, 0.15) is 11.9 Å². The minimum absolute atomic E-state index is 0.344. The lowest BCUT2D eigenvalue weighted by atomic mass is 9.95. The van der Waals surface area contributed by atoms with Crippen LogP contribution in [0.4, 0.5) is 10.3 Å². The van der Waals surface area contributed by atoms with E-state index in [-0.39, 0.29) is 5.82 Å². The summed E-state index contributed by atoms with van der Waals surface area (Å²) < 4.78 is 15.0. The first kappa shape index (κ1) is 17.2. The van der Waals surface area contributed by atoms with E-state index in [0.29, 0.717) is 33.6 Å². The van der Waals surface area contributed by atoms with Crippen LogP contribution in [0.3, 0.4) is 0 Å². The van der Waals surface area contributed by atoms with Crippen LogP contribution in [0.5, 0.6) is 0 Å². The van der Waals surface area contributed by atoms with E-state index in [0.717, 1.165) is 5.56 Å². The predicted octanol–water partition coefficient (Wildman–Crippen LogP) is 3.51. The summed E-state index contributed by atoms with van der Waals surface area (Å²) in [5, 5.41) is 8.19. The van der Waals surface area contributed by atoms with Gasteiger partial charge >= 0.3 is 0 Å². The molecule has 4 rings (SSSR count). The Balaban J connectivity index is 1.88. The van der Waals surface area contributed by atoms with Crippen LogP contribution in [0.1, 0.15) is 18.5 Å². The standard InChI is InChI=1S/C19H15ClFN5O/c1-10-15(17(22)27)16(11-5-7-14(21)8-6-11)26-19(23-10)24-18(25-26)12-3-2-4-13(20)9-12/h2-9,16H,1H3,(H2,22,27)(H,23,24,25). The molecule has 27 heavy (non-hydrogen) atoms. The Kier molecular flexibility index (Phi) is 4.16. The first-order chi connectivity index (χ1) is 12.9. The summed E-state index contributed by atoms with van der Waals surface area (Å²) in [7, 11) is 0. The second-order valence-electron chi connectivity index (χ2n) is 6.20. The Morgan fingerprint density at radius 2 is 2.00 bits per heavy atom. The van der Waals surface area contributed by atoms with E-state index in [9.17, 15) is 9.18 Å². The number of hydrogen-bond donors (Lipinski definition) is 2. The summed E-state index contributed by atoms with van der Waals surface area (Å²) >= 11 is 6.07. The van der Waals surface area contributed by atoms with E-state index in [2.05, 4.69) is 15.4 Å². The molecule has 3 N–H and O–H groups in total. The van der Waals surface area contributed by atoms with Gasteiger partial charge in [0.25, 0.3) is 0 Å². The number of carbonyl (C=O) groups excluding carboxylic acids is 1. The number of aromatic nitrogens is 3. The quantitative estimate of drug-likeness (QED) is 0.724. The van der Waals surface area contributed by atoms with Crippen molar-refractivity contribution in [1.82, 2.24) is 14.8 Å². The molecule has 3 aromatic rings. The summed E-state index contributed by atoms with van der Waals surface area (Å²) in [5.41, 5.74) is 7.96. The fourth-order valence-electron chi connectivity index (χ4n) is 3.17. The molecule has 1 aliphatic heterocycles. The number of fused-ring (bicyclic) bond motifs is 1. The summed E-state index contributed by atoms with van der Waals surface area (Å²) in [6.07, 6.45) is 0. The van der Waals surface area contributed by atoms with Crippen LogP contribution in [0.2, 0.25) is 5.02 Å². The summed E-state index contributed by atoms with van der Waals surface area (Å²) in [4.78, 5) is 16.6. The molecule has 1 unspecified atom stereocenters. The number of primary amides is 1. The van der Waals surface area contributed by atoms with Crippen molar-refractivity contribution in [2.24, 2.45) is 5.73 Å². The normalized spacial score (nSPS) is 16.0. The van der Waals surface area contributed by atoms with Crippen LogP contribution >= 0.6 is 11.6 Å². The van der Waals surface area contributed by atoms with Crippen LogP contribution in [0.15, 0.2) is 59.8 Å². The maximum atomic E-state index is 13.4. The molecule has 1 atom stereocenters. The number of allylic oxidation sites excluding steroid dienone is 1. The first-order valence-electron chi connectivity index (χ1n) is 8.19. The zero-order chi connectivity index (χ0) is 19.1. The number of benzene rings is 2. The van der Waals surface area contributed by atoms with Gasteiger partial charge in [0.05, 0.1) is 5.57 Å². The summed E-state index contributed by atoms with van der Waals surface area (Å²) in [5.74, 6) is -0.0420. The fraction of sp³-hybridized carbons (Fsp3) is 0.105. The molecule has 0 aliphatic carbocycles. The van der Waals surface area contributed by atoms with E-state index >= 15 is 0 Å². The van der Waals surface area contributed by atoms with Crippen molar-refractivity contribution in [3.8, 4) is 11.4 Å². The Hall–Kier alpha value is -3.19. The van der Waals surface area contributed by atoms with Gasteiger partial charge in [-0.05, 0) is 36.8 Å². The van der Waals surface area contributed by atoms with Crippen molar-refractivity contribution in [2.75, 3.05) is 5.32 Å². The number of rotatable bonds is 3. The lowest BCUT2D eigenvalue weighted by Crippen LogP contribution is -2.31. The van der Waals surface area contributed by atoms with E-state index in [1.54, 1.807) is 41.9 Å². The molecule has 1 aromatic heterocycles. The monoisotopic (exact) mass is 383 g/mol. The highest BCUT2D eigenvalue weighted by atomic mass is 35.5. The molecule has 6 nitrogen and oxygen atoms in total. The van der Waals surface area contributed by atoms with Gasteiger partial charge in [-0.2, -0.15) is 4.98 Å². The number of halogens is 2. The lowest BCUT2D eigenvalue weighted by Gasteiger charge is -2.27. The van der Waals surface area contributed by atoms with Gasteiger partial charge in [-0.3, -0.25) is 4.79 Å². The van der Waals surface area contributed by atoms with Gasteiger partial charge in [0, 0.05) is 16.3 Å². The smallest absolute Gasteiger partial charge is 0.248 e. The first-order valence-corrected chi connectivity index (χ1v) is 8.57. The second-order valence-corrected chi connectivity index (χ2v) is 6.63. The number of carbonyl (C=O) groups is 1. The molecule has 0 saturated carbocycles. The highest BCUT2D eigenvalue weighted by Gasteiger charge is 2.33. The van der Waals surface area contributed by atoms with Crippen molar-refractivity contribution < 1.29 is 9.18 Å². The van der Waals surface area contributed by atoms with E-state index < -0.39 is 11.9 Å². The second kappa shape index (κ2) is 6.51. The number of amides is 1. The summed E-state index contributed by atoms with van der Waals surface area (Å²) in [6.45, 7) is 1.74. The fourth-order valence-corrected chi connectivity index (χ4v) is 3.36.